The van der Waals surface area contributed by atoms with Crippen LogP contribution in [0.4, 0.5) is 0 Å². The van der Waals surface area contributed by atoms with E-state index in [0.29, 0.717) is 12.8 Å². The number of carbonyl (C=O) groups is 3. The van der Waals surface area contributed by atoms with E-state index in [1.165, 1.54) is 0 Å². The third-order valence-corrected chi connectivity index (χ3v) is 3.35. The number of hydrogen-bond donors (Lipinski definition) is 3. The van der Waals surface area contributed by atoms with Gasteiger partial charge in [-0.2, -0.15) is 0 Å². The predicted molar refractivity (Wildman–Crippen MR) is 89.9 cm³/mol. The minimum absolute atomic E-state index is 0.191. The molecule has 0 fully saturated rings. The van der Waals surface area contributed by atoms with Crippen molar-refractivity contribution in [2.45, 2.75) is 73.4 Å². The fraction of sp³-hybridized carbons (Fsp3) is 0.824. The van der Waals surface area contributed by atoms with Gasteiger partial charge in [0.05, 0.1) is 0 Å². The predicted octanol–water partition coefficient (Wildman–Crippen LogP) is 2.18. The molecule has 0 aromatic rings. The molecule has 2 amide bonds. The van der Waals surface area contributed by atoms with E-state index in [1.54, 1.807) is 20.8 Å². The lowest BCUT2D eigenvalue weighted by molar-refractivity contribution is -0.145. The lowest BCUT2D eigenvalue weighted by Gasteiger charge is -2.30. The van der Waals surface area contributed by atoms with Crippen molar-refractivity contribution in [1.29, 1.82) is 0 Å². The molecular formula is C17H32N2O4. The Balaban J connectivity index is 5.06. The van der Waals surface area contributed by atoms with Crippen LogP contribution in [0.5, 0.6) is 0 Å². The minimum atomic E-state index is -1.08. The summed E-state index contributed by atoms with van der Waals surface area (Å²) in [6.07, 6.45) is 0.801. The summed E-state index contributed by atoms with van der Waals surface area (Å²) in [4.78, 5) is 35.8. The molecule has 23 heavy (non-hydrogen) atoms. The van der Waals surface area contributed by atoms with Crippen molar-refractivity contribution in [1.82, 2.24) is 10.6 Å². The lowest BCUT2D eigenvalue weighted by atomic mass is 9.86. The Morgan fingerprint density at radius 3 is 1.83 bits per heavy atom. The molecule has 3 N–H and O–H groups in total. The maximum atomic E-state index is 12.5. The summed E-state index contributed by atoms with van der Waals surface area (Å²) < 4.78 is 0. The second-order valence-electron chi connectivity index (χ2n) is 7.99. The molecule has 0 aromatic heterocycles. The molecule has 0 radical (unpaired) electrons. The first-order valence-electron chi connectivity index (χ1n) is 8.17. The van der Waals surface area contributed by atoms with Crippen LogP contribution in [0.1, 0.15) is 61.3 Å². The van der Waals surface area contributed by atoms with E-state index in [9.17, 15) is 19.5 Å². The van der Waals surface area contributed by atoms with Crippen molar-refractivity contribution in [3.8, 4) is 0 Å². The third kappa shape index (κ3) is 8.57. The molecule has 0 saturated carbocycles. The largest absolute Gasteiger partial charge is 0.480 e. The van der Waals surface area contributed by atoms with Crippen LogP contribution in [-0.2, 0) is 14.4 Å². The molecule has 0 aliphatic rings. The lowest BCUT2D eigenvalue weighted by Crippen LogP contribution is -2.55. The summed E-state index contributed by atoms with van der Waals surface area (Å²) in [5.41, 5.74) is -0.619. The van der Waals surface area contributed by atoms with Gasteiger partial charge in [0.1, 0.15) is 12.1 Å². The molecular weight excluding hydrogens is 296 g/mol. The second kappa shape index (κ2) is 8.89. The third-order valence-electron chi connectivity index (χ3n) is 3.35. The molecule has 0 bridgehead atoms. The fourth-order valence-corrected chi connectivity index (χ4v) is 2.22. The van der Waals surface area contributed by atoms with Crippen LogP contribution in [-0.4, -0.2) is 35.0 Å². The molecule has 134 valence electrons. The molecule has 6 heteroatoms. The molecule has 0 saturated heterocycles. The van der Waals surface area contributed by atoms with Gasteiger partial charge in [0.2, 0.25) is 11.8 Å². The van der Waals surface area contributed by atoms with Crippen LogP contribution < -0.4 is 10.6 Å². The van der Waals surface area contributed by atoms with E-state index in [2.05, 4.69) is 10.6 Å². The van der Waals surface area contributed by atoms with Crippen LogP contribution in [0.25, 0.3) is 0 Å². The molecule has 6 nitrogen and oxygen atoms in total. The van der Waals surface area contributed by atoms with Crippen molar-refractivity contribution in [2.24, 2.45) is 17.3 Å². The van der Waals surface area contributed by atoms with E-state index < -0.39 is 29.4 Å². The minimum Gasteiger partial charge on any atom is -0.480 e. The molecule has 0 heterocycles. The van der Waals surface area contributed by atoms with Gasteiger partial charge in [-0.05, 0) is 23.7 Å². The zero-order chi connectivity index (χ0) is 18.4. The Bertz CT molecular complexity index is 425. The number of rotatable bonds is 8. The maximum absolute atomic E-state index is 12.5. The molecule has 0 aliphatic heterocycles. The highest BCUT2D eigenvalue weighted by Gasteiger charge is 2.34. The summed E-state index contributed by atoms with van der Waals surface area (Å²) in [7, 11) is 0. The van der Waals surface area contributed by atoms with E-state index in [4.69, 9.17) is 0 Å². The van der Waals surface area contributed by atoms with Crippen LogP contribution in [0, 0.1) is 17.3 Å². The first kappa shape index (κ1) is 21.4. The molecule has 0 spiro atoms. The summed E-state index contributed by atoms with van der Waals surface area (Å²) >= 11 is 0. The van der Waals surface area contributed by atoms with Gasteiger partial charge >= 0.3 is 5.97 Å². The van der Waals surface area contributed by atoms with E-state index in [1.807, 2.05) is 27.7 Å². The van der Waals surface area contributed by atoms with Crippen molar-refractivity contribution < 1.29 is 19.5 Å². The highest BCUT2D eigenvalue weighted by atomic mass is 16.4. The number of hydrogen-bond acceptors (Lipinski definition) is 3. The average Bonchev–Trinajstić information content (AvgIpc) is 2.31. The average molecular weight is 328 g/mol. The normalized spacial score (nSPS) is 14.5. The topological polar surface area (TPSA) is 95.5 Å². The van der Waals surface area contributed by atoms with Crippen molar-refractivity contribution in [3.63, 3.8) is 0 Å². The van der Waals surface area contributed by atoms with Gasteiger partial charge < -0.3 is 15.7 Å². The monoisotopic (exact) mass is 328 g/mol. The Morgan fingerprint density at radius 1 is 0.957 bits per heavy atom. The number of aliphatic carboxylic acids is 1. The molecule has 1 unspecified atom stereocenters. The standard InChI is InChI=1S/C17H32N2O4/c1-10(2)8-12(18-13(20)9-11(3)4)15(21)19-14(16(22)23)17(5,6)7/h10-12,14H,8-9H2,1-7H3,(H,18,20)(H,19,21)(H,22,23)/t12?,14-/m1/s1. The van der Waals surface area contributed by atoms with Gasteiger partial charge in [0.15, 0.2) is 0 Å². The van der Waals surface area contributed by atoms with Gasteiger partial charge in [-0.25, -0.2) is 4.79 Å². The van der Waals surface area contributed by atoms with E-state index >= 15 is 0 Å². The smallest absolute Gasteiger partial charge is 0.326 e. The zero-order valence-corrected chi connectivity index (χ0v) is 15.4. The SMILES string of the molecule is CC(C)CC(=O)NC(CC(C)C)C(=O)N[C@H](C(=O)O)C(C)(C)C. The Morgan fingerprint density at radius 2 is 1.48 bits per heavy atom. The van der Waals surface area contributed by atoms with E-state index in [0.717, 1.165) is 0 Å². The van der Waals surface area contributed by atoms with Gasteiger partial charge in [-0.1, -0.05) is 48.5 Å². The van der Waals surface area contributed by atoms with Crippen molar-refractivity contribution >= 4 is 17.8 Å². The quantitative estimate of drug-likeness (QED) is 0.636. The summed E-state index contributed by atoms with van der Waals surface area (Å²) in [6, 6.07) is -1.72. The zero-order valence-electron chi connectivity index (χ0n) is 15.4. The highest BCUT2D eigenvalue weighted by molar-refractivity contribution is 5.90. The maximum Gasteiger partial charge on any atom is 0.326 e. The molecule has 2 atom stereocenters. The van der Waals surface area contributed by atoms with Gasteiger partial charge in [0, 0.05) is 6.42 Å². The van der Waals surface area contributed by atoms with Gasteiger partial charge in [-0.3, -0.25) is 9.59 Å². The van der Waals surface area contributed by atoms with Crippen LogP contribution in [0.3, 0.4) is 0 Å². The van der Waals surface area contributed by atoms with Gasteiger partial charge in [0.25, 0.3) is 0 Å². The van der Waals surface area contributed by atoms with Crippen molar-refractivity contribution in [2.75, 3.05) is 0 Å². The molecule has 0 aliphatic carbocycles. The summed E-state index contributed by atoms with van der Waals surface area (Å²) in [5.74, 6) is -1.33. The van der Waals surface area contributed by atoms with Crippen molar-refractivity contribution in [3.05, 3.63) is 0 Å². The van der Waals surface area contributed by atoms with Gasteiger partial charge in [-0.15, -0.1) is 0 Å². The number of nitrogens with one attached hydrogen (secondary N) is 2. The van der Waals surface area contributed by atoms with E-state index in [-0.39, 0.29) is 17.7 Å². The summed E-state index contributed by atoms with van der Waals surface area (Å²) in [6.45, 7) is 13.0. The molecule has 0 aromatic carbocycles. The Kier molecular flexibility index (Phi) is 8.28. The number of carbonyl (C=O) groups excluding carboxylic acids is 2. The first-order chi connectivity index (χ1) is 10.3. The Labute approximate surface area is 139 Å². The number of carboxylic acid groups (broad SMARTS) is 1. The summed E-state index contributed by atoms with van der Waals surface area (Å²) in [5, 5.41) is 14.6. The first-order valence-corrected chi connectivity index (χ1v) is 8.17. The Hall–Kier alpha value is -1.59. The fourth-order valence-electron chi connectivity index (χ4n) is 2.22. The van der Waals surface area contributed by atoms with Crippen LogP contribution in [0.2, 0.25) is 0 Å². The van der Waals surface area contributed by atoms with Crippen LogP contribution >= 0.6 is 0 Å². The number of amides is 2. The van der Waals surface area contributed by atoms with Crippen LogP contribution in [0.15, 0.2) is 0 Å². The second-order valence-corrected chi connectivity index (χ2v) is 7.99. The number of carboxylic acids is 1. The molecule has 0 rings (SSSR count). The highest BCUT2D eigenvalue weighted by Crippen LogP contribution is 2.20.